The molecule has 0 amide bonds. The molecule has 1 aliphatic rings. The minimum atomic E-state index is -0.130. The largest absolute Gasteiger partial charge is 0.457 e. The van der Waals surface area contributed by atoms with Gasteiger partial charge in [-0.2, -0.15) is 0 Å². The Kier molecular flexibility index (Phi) is 5.11. The molecule has 0 N–H and O–H groups in total. The van der Waals surface area contributed by atoms with Crippen molar-refractivity contribution in [3.05, 3.63) is 133 Å². The molecular weight excluding hydrogens is 428 g/mol. The molecule has 0 aliphatic carbocycles. The highest BCUT2D eigenvalue weighted by Gasteiger charge is 2.36. The molecule has 0 saturated carbocycles. The van der Waals surface area contributed by atoms with E-state index in [0.29, 0.717) is 0 Å². The molecule has 1 aliphatic heterocycles. The highest BCUT2D eigenvalue weighted by atomic mass is 16.5. The van der Waals surface area contributed by atoms with Crippen LogP contribution in [-0.4, -0.2) is 4.98 Å². The van der Waals surface area contributed by atoms with E-state index in [2.05, 4.69) is 103 Å². The van der Waals surface area contributed by atoms with Gasteiger partial charge in [-0.1, -0.05) is 74.5 Å². The average molecular weight is 455 g/mol. The molecule has 2 heterocycles. The number of hydrogen-bond acceptors (Lipinski definition) is 3. The standard InChI is InChI=1S/C32H26N2O/c1-32(2)27-15-6-7-17-30(27)34(24-12-4-3-5-13-24)31-22-26(18-19-28(31)32)35-25-14-10-11-23(21-25)29-16-8-9-20-33-29/h3-22H,1-2H3. The Morgan fingerprint density at radius 1 is 0.629 bits per heavy atom. The zero-order valence-corrected chi connectivity index (χ0v) is 19.8. The molecule has 3 heteroatoms. The van der Waals surface area contributed by atoms with Crippen molar-refractivity contribution in [2.45, 2.75) is 19.3 Å². The third kappa shape index (κ3) is 3.75. The summed E-state index contributed by atoms with van der Waals surface area (Å²) in [4.78, 5) is 6.81. The van der Waals surface area contributed by atoms with E-state index in [0.717, 1.165) is 34.1 Å². The van der Waals surface area contributed by atoms with Crippen molar-refractivity contribution in [3.63, 3.8) is 0 Å². The Morgan fingerprint density at radius 3 is 2.20 bits per heavy atom. The molecule has 5 aromatic rings. The van der Waals surface area contributed by atoms with Gasteiger partial charge in [-0.15, -0.1) is 0 Å². The van der Waals surface area contributed by atoms with Crippen LogP contribution in [0, 0.1) is 0 Å². The fraction of sp³-hybridized carbons (Fsp3) is 0.0938. The summed E-state index contributed by atoms with van der Waals surface area (Å²) in [5, 5.41) is 0. The van der Waals surface area contributed by atoms with Crippen LogP contribution in [0.5, 0.6) is 11.5 Å². The van der Waals surface area contributed by atoms with Gasteiger partial charge in [-0.25, -0.2) is 0 Å². The van der Waals surface area contributed by atoms with Crippen LogP contribution in [0.1, 0.15) is 25.0 Å². The van der Waals surface area contributed by atoms with Gasteiger partial charge in [0.1, 0.15) is 11.5 Å². The number of para-hydroxylation sites is 2. The van der Waals surface area contributed by atoms with Crippen molar-refractivity contribution >= 4 is 17.1 Å². The SMILES string of the molecule is CC1(C)c2ccccc2N(c2ccccc2)c2cc(Oc3cccc(-c4ccccn4)c3)ccc21. The van der Waals surface area contributed by atoms with E-state index in [1.165, 1.54) is 16.8 Å². The number of hydrogen-bond donors (Lipinski definition) is 0. The maximum atomic E-state index is 6.39. The van der Waals surface area contributed by atoms with Crippen LogP contribution in [-0.2, 0) is 5.41 Å². The molecule has 0 radical (unpaired) electrons. The Labute approximate surface area is 206 Å². The predicted molar refractivity (Wildman–Crippen MR) is 143 cm³/mol. The summed E-state index contributed by atoms with van der Waals surface area (Å²) in [7, 11) is 0. The molecule has 0 unspecified atom stereocenters. The van der Waals surface area contributed by atoms with Crippen LogP contribution in [0.15, 0.2) is 121 Å². The van der Waals surface area contributed by atoms with Crippen LogP contribution in [0.4, 0.5) is 17.1 Å². The molecule has 0 bridgehead atoms. The summed E-state index contributed by atoms with van der Waals surface area (Å²) >= 11 is 0. The van der Waals surface area contributed by atoms with Gasteiger partial charge in [0.05, 0.1) is 17.1 Å². The molecule has 170 valence electrons. The number of nitrogens with zero attached hydrogens (tertiary/aromatic N) is 2. The molecule has 1 aromatic heterocycles. The first-order valence-electron chi connectivity index (χ1n) is 11.9. The summed E-state index contributed by atoms with van der Waals surface area (Å²) in [5.74, 6) is 1.59. The second-order valence-corrected chi connectivity index (χ2v) is 9.34. The number of fused-ring (bicyclic) bond motifs is 2. The topological polar surface area (TPSA) is 25.4 Å². The van der Waals surface area contributed by atoms with Gasteiger partial charge in [0.25, 0.3) is 0 Å². The van der Waals surface area contributed by atoms with Crippen molar-refractivity contribution in [2.24, 2.45) is 0 Å². The number of pyridine rings is 1. The zero-order chi connectivity index (χ0) is 23.8. The van der Waals surface area contributed by atoms with Crippen LogP contribution >= 0.6 is 0 Å². The Hall–Kier alpha value is -4.37. The fourth-order valence-electron chi connectivity index (χ4n) is 5.00. The summed E-state index contributed by atoms with van der Waals surface area (Å²) in [6.07, 6.45) is 1.81. The minimum absolute atomic E-state index is 0.130. The first kappa shape index (κ1) is 21.2. The molecule has 0 atom stereocenters. The maximum absolute atomic E-state index is 6.39. The lowest BCUT2D eigenvalue weighted by molar-refractivity contribution is 0.482. The minimum Gasteiger partial charge on any atom is -0.457 e. The van der Waals surface area contributed by atoms with E-state index in [4.69, 9.17) is 4.74 Å². The zero-order valence-electron chi connectivity index (χ0n) is 19.8. The first-order chi connectivity index (χ1) is 17.1. The van der Waals surface area contributed by atoms with E-state index in [9.17, 15) is 0 Å². The Morgan fingerprint density at radius 2 is 1.37 bits per heavy atom. The third-order valence-electron chi connectivity index (χ3n) is 6.75. The number of benzene rings is 4. The number of anilines is 3. The fourth-order valence-corrected chi connectivity index (χ4v) is 5.00. The highest BCUT2D eigenvalue weighted by molar-refractivity contribution is 5.86. The summed E-state index contributed by atoms with van der Waals surface area (Å²) in [5.41, 5.74) is 7.88. The molecule has 6 rings (SSSR count). The van der Waals surface area contributed by atoms with Crippen molar-refractivity contribution in [1.29, 1.82) is 0 Å². The van der Waals surface area contributed by atoms with Crippen LogP contribution < -0.4 is 9.64 Å². The van der Waals surface area contributed by atoms with E-state index >= 15 is 0 Å². The monoisotopic (exact) mass is 454 g/mol. The summed E-state index contributed by atoms with van der Waals surface area (Å²) in [6.45, 7) is 4.59. The third-order valence-corrected chi connectivity index (χ3v) is 6.75. The van der Waals surface area contributed by atoms with Gasteiger partial charge in [0, 0.05) is 28.9 Å². The second kappa shape index (κ2) is 8.44. The van der Waals surface area contributed by atoms with Gasteiger partial charge in [-0.05, 0) is 59.7 Å². The summed E-state index contributed by atoms with van der Waals surface area (Å²) < 4.78 is 6.39. The smallest absolute Gasteiger partial charge is 0.129 e. The van der Waals surface area contributed by atoms with Gasteiger partial charge < -0.3 is 9.64 Å². The van der Waals surface area contributed by atoms with Gasteiger partial charge in [0.15, 0.2) is 0 Å². The van der Waals surface area contributed by atoms with Gasteiger partial charge in [0.2, 0.25) is 0 Å². The molecule has 3 nitrogen and oxygen atoms in total. The molecular formula is C32H26N2O. The van der Waals surface area contributed by atoms with Gasteiger partial charge in [-0.3, -0.25) is 4.98 Å². The lowest BCUT2D eigenvalue weighted by atomic mass is 9.73. The lowest BCUT2D eigenvalue weighted by Crippen LogP contribution is -2.30. The summed E-state index contributed by atoms with van der Waals surface area (Å²) in [6, 6.07) is 39.7. The Balaban J connectivity index is 1.44. The van der Waals surface area contributed by atoms with E-state index in [-0.39, 0.29) is 5.41 Å². The first-order valence-corrected chi connectivity index (χ1v) is 11.9. The molecule has 0 spiro atoms. The molecule has 0 fully saturated rings. The normalized spacial score (nSPS) is 13.6. The van der Waals surface area contributed by atoms with Crippen LogP contribution in [0.25, 0.3) is 11.3 Å². The van der Waals surface area contributed by atoms with Crippen LogP contribution in [0.3, 0.4) is 0 Å². The number of aromatic nitrogens is 1. The maximum Gasteiger partial charge on any atom is 0.129 e. The van der Waals surface area contributed by atoms with Crippen molar-refractivity contribution in [1.82, 2.24) is 4.98 Å². The number of rotatable bonds is 4. The lowest BCUT2D eigenvalue weighted by Gasteiger charge is -2.42. The van der Waals surface area contributed by atoms with Crippen LogP contribution in [0.2, 0.25) is 0 Å². The number of ether oxygens (including phenoxy) is 1. The van der Waals surface area contributed by atoms with Crippen molar-refractivity contribution in [2.75, 3.05) is 4.90 Å². The highest BCUT2D eigenvalue weighted by Crippen LogP contribution is 2.52. The van der Waals surface area contributed by atoms with Gasteiger partial charge >= 0.3 is 0 Å². The van der Waals surface area contributed by atoms with E-state index in [1.54, 1.807) is 0 Å². The van der Waals surface area contributed by atoms with Crippen molar-refractivity contribution in [3.8, 4) is 22.8 Å². The second-order valence-electron chi connectivity index (χ2n) is 9.34. The molecule has 4 aromatic carbocycles. The van der Waals surface area contributed by atoms with Crippen molar-refractivity contribution < 1.29 is 4.74 Å². The Bertz CT molecular complexity index is 1490. The molecule has 0 saturated heterocycles. The van der Waals surface area contributed by atoms with E-state index < -0.39 is 0 Å². The molecule has 35 heavy (non-hydrogen) atoms. The quantitative estimate of drug-likeness (QED) is 0.272. The predicted octanol–water partition coefficient (Wildman–Crippen LogP) is 8.65. The van der Waals surface area contributed by atoms with E-state index in [1.807, 2.05) is 42.6 Å². The average Bonchev–Trinajstić information content (AvgIpc) is 2.90.